The molecule has 0 aliphatic carbocycles. The summed E-state index contributed by atoms with van der Waals surface area (Å²) in [6, 6.07) is 5.51. The number of phenols is 1. The summed E-state index contributed by atoms with van der Waals surface area (Å²) in [5, 5.41) is 8.99. The molecule has 13 heavy (non-hydrogen) atoms. The number of unbranched alkanes of at least 4 members (excludes halogenated alkanes) is 1. The average Bonchev–Trinajstić information content (AvgIpc) is 2.02. The van der Waals surface area contributed by atoms with Crippen molar-refractivity contribution in [3.63, 3.8) is 0 Å². The standard InChI is InChI=1S/C8H10O.C4H10/c1-6-3-7(2)5-8(9)4-6;1-3-4-2/h3-5,9H,1-2H3;3-4H2,1-2H3. The highest BCUT2D eigenvalue weighted by atomic mass is 16.3. The molecular weight excluding hydrogens is 160 g/mol. The molecule has 0 radical (unpaired) electrons. The van der Waals surface area contributed by atoms with Crippen LogP contribution < -0.4 is 0 Å². The monoisotopic (exact) mass is 180 g/mol. The van der Waals surface area contributed by atoms with Crippen LogP contribution >= 0.6 is 0 Å². The lowest BCUT2D eigenvalue weighted by atomic mass is 10.1. The number of aromatic hydroxyl groups is 1. The van der Waals surface area contributed by atoms with Gasteiger partial charge in [0.15, 0.2) is 0 Å². The molecule has 0 heterocycles. The second kappa shape index (κ2) is 6.53. The van der Waals surface area contributed by atoms with Crippen molar-refractivity contribution in [2.75, 3.05) is 0 Å². The summed E-state index contributed by atoms with van der Waals surface area (Å²) in [7, 11) is 0. The average molecular weight is 180 g/mol. The molecule has 1 aromatic rings. The smallest absolute Gasteiger partial charge is 0.116 e. The van der Waals surface area contributed by atoms with Gasteiger partial charge in [-0.3, -0.25) is 0 Å². The van der Waals surface area contributed by atoms with Gasteiger partial charge in [0, 0.05) is 0 Å². The lowest BCUT2D eigenvalue weighted by molar-refractivity contribution is 0.474. The summed E-state index contributed by atoms with van der Waals surface area (Å²) >= 11 is 0. The Labute approximate surface area is 81.4 Å². The van der Waals surface area contributed by atoms with Gasteiger partial charge in [-0.25, -0.2) is 0 Å². The fourth-order valence-electron chi connectivity index (χ4n) is 0.951. The zero-order valence-corrected chi connectivity index (χ0v) is 9.09. The van der Waals surface area contributed by atoms with E-state index >= 15 is 0 Å². The minimum Gasteiger partial charge on any atom is -0.508 e. The Kier molecular flexibility index (Phi) is 6.03. The fourth-order valence-corrected chi connectivity index (χ4v) is 0.951. The molecule has 0 unspecified atom stereocenters. The third-order valence-corrected chi connectivity index (χ3v) is 1.71. The Balaban J connectivity index is 0.000000310. The molecule has 0 fully saturated rings. The summed E-state index contributed by atoms with van der Waals surface area (Å²) < 4.78 is 0. The van der Waals surface area contributed by atoms with Gasteiger partial charge in [0.1, 0.15) is 5.75 Å². The molecule has 74 valence electrons. The molecule has 1 rings (SSSR count). The van der Waals surface area contributed by atoms with E-state index in [0.717, 1.165) is 11.1 Å². The van der Waals surface area contributed by atoms with Crippen molar-refractivity contribution in [1.82, 2.24) is 0 Å². The Bertz CT molecular complexity index is 188. The van der Waals surface area contributed by atoms with Crippen molar-refractivity contribution in [3.8, 4) is 5.75 Å². The van der Waals surface area contributed by atoms with Gasteiger partial charge in [-0.05, 0) is 37.1 Å². The normalized spacial score (nSPS) is 8.92. The van der Waals surface area contributed by atoms with Gasteiger partial charge in [0.2, 0.25) is 0 Å². The summed E-state index contributed by atoms with van der Waals surface area (Å²) in [5.41, 5.74) is 2.21. The van der Waals surface area contributed by atoms with Crippen molar-refractivity contribution in [1.29, 1.82) is 0 Å². The molecule has 0 saturated carbocycles. The van der Waals surface area contributed by atoms with E-state index in [1.165, 1.54) is 12.8 Å². The van der Waals surface area contributed by atoms with Crippen molar-refractivity contribution < 1.29 is 5.11 Å². The van der Waals surface area contributed by atoms with E-state index in [1.807, 2.05) is 19.9 Å². The minimum atomic E-state index is 0.354. The van der Waals surface area contributed by atoms with E-state index in [1.54, 1.807) is 12.1 Å². The molecule has 0 bridgehead atoms. The largest absolute Gasteiger partial charge is 0.508 e. The second-order valence-corrected chi connectivity index (χ2v) is 3.35. The fraction of sp³-hybridized carbons (Fsp3) is 0.500. The van der Waals surface area contributed by atoms with Crippen LogP contribution in [0.25, 0.3) is 0 Å². The van der Waals surface area contributed by atoms with Crippen LogP contribution in [-0.2, 0) is 0 Å². The highest BCUT2D eigenvalue weighted by Gasteiger charge is 1.89. The van der Waals surface area contributed by atoms with Crippen LogP contribution in [0.2, 0.25) is 0 Å². The third kappa shape index (κ3) is 6.21. The second-order valence-electron chi connectivity index (χ2n) is 3.35. The molecule has 0 saturated heterocycles. The first kappa shape index (κ1) is 12.0. The maximum absolute atomic E-state index is 8.99. The number of benzene rings is 1. The molecule has 1 N–H and O–H groups in total. The molecule has 0 amide bonds. The van der Waals surface area contributed by atoms with Crippen LogP contribution in [0.15, 0.2) is 18.2 Å². The van der Waals surface area contributed by atoms with E-state index in [-0.39, 0.29) is 0 Å². The summed E-state index contributed by atoms with van der Waals surface area (Å²) in [4.78, 5) is 0. The van der Waals surface area contributed by atoms with E-state index in [0.29, 0.717) is 5.75 Å². The third-order valence-electron chi connectivity index (χ3n) is 1.71. The molecular formula is C12H20O. The Morgan fingerprint density at radius 1 is 0.923 bits per heavy atom. The predicted octanol–water partition coefficient (Wildman–Crippen LogP) is 3.82. The molecule has 0 spiro atoms. The topological polar surface area (TPSA) is 20.2 Å². The molecule has 1 nitrogen and oxygen atoms in total. The van der Waals surface area contributed by atoms with Crippen LogP contribution in [0.5, 0.6) is 5.75 Å². The summed E-state index contributed by atoms with van der Waals surface area (Å²) in [6.07, 6.45) is 2.64. The molecule has 0 aromatic heterocycles. The molecule has 0 atom stereocenters. The maximum Gasteiger partial charge on any atom is 0.116 e. The van der Waals surface area contributed by atoms with Crippen LogP contribution in [-0.4, -0.2) is 5.11 Å². The van der Waals surface area contributed by atoms with Gasteiger partial charge < -0.3 is 5.11 Å². The van der Waals surface area contributed by atoms with E-state index < -0.39 is 0 Å². The highest BCUT2D eigenvalue weighted by molar-refractivity contribution is 5.31. The Hall–Kier alpha value is -0.980. The van der Waals surface area contributed by atoms with E-state index in [9.17, 15) is 0 Å². The van der Waals surface area contributed by atoms with Gasteiger partial charge in [0.05, 0.1) is 0 Å². The zero-order chi connectivity index (χ0) is 10.3. The Morgan fingerprint density at radius 3 is 1.54 bits per heavy atom. The lowest BCUT2D eigenvalue weighted by Gasteiger charge is -1.95. The molecule has 1 aromatic carbocycles. The van der Waals surface area contributed by atoms with Gasteiger partial charge in [-0.2, -0.15) is 0 Å². The first-order chi connectivity index (χ1) is 6.10. The molecule has 1 heteroatoms. The van der Waals surface area contributed by atoms with E-state index in [2.05, 4.69) is 13.8 Å². The van der Waals surface area contributed by atoms with Crippen LogP contribution in [0.3, 0.4) is 0 Å². The van der Waals surface area contributed by atoms with Crippen LogP contribution in [0.4, 0.5) is 0 Å². The minimum absolute atomic E-state index is 0.354. The maximum atomic E-state index is 8.99. The van der Waals surface area contributed by atoms with Crippen molar-refractivity contribution in [3.05, 3.63) is 29.3 Å². The summed E-state index contributed by atoms with van der Waals surface area (Å²) in [6.45, 7) is 8.29. The van der Waals surface area contributed by atoms with Gasteiger partial charge >= 0.3 is 0 Å². The first-order valence-electron chi connectivity index (χ1n) is 4.87. The van der Waals surface area contributed by atoms with Crippen molar-refractivity contribution in [2.24, 2.45) is 0 Å². The Morgan fingerprint density at radius 2 is 1.31 bits per heavy atom. The predicted molar refractivity (Wildman–Crippen MR) is 58.2 cm³/mol. The number of hydrogen-bond donors (Lipinski definition) is 1. The first-order valence-corrected chi connectivity index (χ1v) is 4.87. The SMILES string of the molecule is CCCC.Cc1cc(C)cc(O)c1. The summed E-state index contributed by atoms with van der Waals surface area (Å²) in [5.74, 6) is 0.354. The van der Waals surface area contributed by atoms with Crippen molar-refractivity contribution >= 4 is 0 Å². The quantitative estimate of drug-likeness (QED) is 0.696. The van der Waals surface area contributed by atoms with Gasteiger partial charge in [-0.15, -0.1) is 0 Å². The number of phenolic OH excluding ortho intramolecular Hbond substituents is 1. The molecule has 0 aliphatic heterocycles. The van der Waals surface area contributed by atoms with E-state index in [4.69, 9.17) is 5.11 Å². The number of hydrogen-bond acceptors (Lipinski definition) is 1. The lowest BCUT2D eigenvalue weighted by Crippen LogP contribution is -1.74. The highest BCUT2D eigenvalue weighted by Crippen LogP contribution is 2.13. The molecule has 0 aliphatic rings. The number of rotatable bonds is 1. The zero-order valence-electron chi connectivity index (χ0n) is 9.09. The van der Waals surface area contributed by atoms with Crippen molar-refractivity contribution in [2.45, 2.75) is 40.5 Å². The van der Waals surface area contributed by atoms with Crippen LogP contribution in [0.1, 0.15) is 37.8 Å². The van der Waals surface area contributed by atoms with Gasteiger partial charge in [-0.1, -0.05) is 32.8 Å². The number of aryl methyl sites for hydroxylation is 2. The van der Waals surface area contributed by atoms with Crippen LogP contribution in [0, 0.1) is 13.8 Å². The van der Waals surface area contributed by atoms with Gasteiger partial charge in [0.25, 0.3) is 0 Å².